The van der Waals surface area contributed by atoms with E-state index in [1.165, 1.54) is 16.4 Å². The number of carbonyl (C=O) groups is 1. The average molecular weight is 437 g/mol. The number of amides is 1. The molecule has 1 saturated heterocycles. The zero-order valence-electron chi connectivity index (χ0n) is 18.7. The first-order chi connectivity index (χ1) is 13.8. The summed E-state index contributed by atoms with van der Waals surface area (Å²) in [5.41, 5.74) is 0.314. The van der Waals surface area contributed by atoms with Gasteiger partial charge in [0.15, 0.2) is 5.76 Å². The predicted molar refractivity (Wildman–Crippen MR) is 115 cm³/mol. The minimum absolute atomic E-state index is 0.0513. The number of nitrogens with one attached hydrogen (secondary N) is 1. The van der Waals surface area contributed by atoms with Crippen molar-refractivity contribution in [3.8, 4) is 0 Å². The Labute approximate surface area is 178 Å². The summed E-state index contributed by atoms with van der Waals surface area (Å²) >= 11 is 0. The van der Waals surface area contributed by atoms with Crippen molar-refractivity contribution in [2.75, 3.05) is 18.4 Å². The van der Waals surface area contributed by atoms with Crippen LogP contribution in [0.15, 0.2) is 27.7 Å². The average Bonchev–Trinajstić information content (AvgIpc) is 3.29. The molecule has 30 heavy (non-hydrogen) atoms. The Morgan fingerprint density at radius 1 is 1.07 bits per heavy atom. The highest BCUT2D eigenvalue weighted by molar-refractivity contribution is 7.89. The predicted octanol–water partition coefficient (Wildman–Crippen LogP) is 3.96. The van der Waals surface area contributed by atoms with E-state index in [1.54, 1.807) is 4.68 Å². The van der Waals surface area contributed by atoms with Gasteiger partial charge in [-0.2, -0.15) is 9.40 Å². The van der Waals surface area contributed by atoms with Crippen molar-refractivity contribution in [3.63, 3.8) is 0 Å². The Morgan fingerprint density at radius 2 is 1.70 bits per heavy atom. The summed E-state index contributed by atoms with van der Waals surface area (Å²) in [6.07, 6.45) is 2.69. The second-order valence-electron chi connectivity index (χ2n) is 9.78. The summed E-state index contributed by atoms with van der Waals surface area (Å²) in [5, 5.41) is 7.30. The number of hydrogen-bond donors (Lipinski definition) is 1. The van der Waals surface area contributed by atoms with Crippen LogP contribution in [0, 0.1) is 0 Å². The molecule has 0 radical (unpaired) electrons. The highest BCUT2D eigenvalue weighted by atomic mass is 32.2. The Kier molecular flexibility index (Phi) is 5.90. The van der Waals surface area contributed by atoms with E-state index < -0.39 is 15.9 Å². The molecule has 166 valence electrons. The molecular weight excluding hydrogens is 404 g/mol. The molecule has 0 aromatic carbocycles. The lowest BCUT2D eigenvalue weighted by Gasteiger charge is -2.24. The number of piperidine rings is 1. The van der Waals surface area contributed by atoms with Crippen molar-refractivity contribution in [1.29, 1.82) is 0 Å². The van der Waals surface area contributed by atoms with Crippen molar-refractivity contribution < 1.29 is 17.6 Å². The van der Waals surface area contributed by atoms with Gasteiger partial charge in [-0.3, -0.25) is 4.79 Å². The quantitative estimate of drug-likeness (QED) is 0.782. The molecule has 1 fully saturated rings. The normalized spacial score (nSPS) is 16.6. The van der Waals surface area contributed by atoms with Crippen LogP contribution < -0.4 is 5.32 Å². The smallest absolute Gasteiger partial charge is 0.292 e. The number of hydrogen-bond acceptors (Lipinski definition) is 5. The molecule has 0 bridgehead atoms. The Bertz CT molecular complexity index is 1020. The van der Waals surface area contributed by atoms with Gasteiger partial charge in [0.05, 0.1) is 11.2 Å². The van der Waals surface area contributed by atoms with Crippen LogP contribution in [0.1, 0.15) is 77.1 Å². The molecule has 8 nitrogen and oxygen atoms in total. The van der Waals surface area contributed by atoms with Gasteiger partial charge in [0, 0.05) is 24.6 Å². The lowest BCUT2D eigenvalue weighted by molar-refractivity contribution is 0.0989. The molecule has 2 aromatic heterocycles. The van der Waals surface area contributed by atoms with Crippen LogP contribution in [0.25, 0.3) is 0 Å². The van der Waals surface area contributed by atoms with Crippen molar-refractivity contribution in [3.05, 3.63) is 29.7 Å². The van der Waals surface area contributed by atoms with Gasteiger partial charge in [0.25, 0.3) is 15.9 Å². The third-order valence-corrected chi connectivity index (χ3v) is 6.84. The van der Waals surface area contributed by atoms with Crippen LogP contribution in [0.2, 0.25) is 0 Å². The van der Waals surface area contributed by atoms with E-state index in [2.05, 4.69) is 31.2 Å². The molecule has 1 N–H and O–H groups in total. The molecule has 1 amide bonds. The van der Waals surface area contributed by atoms with Crippen molar-refractivity contribution >= 4 is 21.7 Å². The lowest BCUT2D eigenvalue weighted by atomic mass is 9.92. The first kappa shape index (κ1) is 22.6. The van der Waals surface area contributed by atoms with E-state index in [1.807, 2.05) is 26.8 Å². The van der Waals surface area contributed by atoms with Crippen molar-refractivity contribution in [2.24, 2.45) is 0 Å². The summed E-state index contributed by atoms with van der Waals surface area (Å²) in [4.78, 5) is 12.8. The SMILES string of the molecule is CC(C)(C)c1cc(NC(=O)c2ccc(S(=O)(=O)N3CCCCC3)o2)n(C(C)(C)C)n1. The van der Waals surface area contributed by atoms with E-state index in [4.69, 9.17) is 4.42 Å². The molecule has 0 atom stereocenters. The molecule has 3 rings (SSSR count). The standard InChI is InChI=1S/C21H32N4O4S/c1-20(2,3)16-14-17(25(23-16)21(4,5)6)22-19(26)15-10-11-18(29-15)30(27,28)24-12-8-7-9-13-24/h10-11,14H,7-9,12-13H2,1-6H3,(H,22,26). The second-order valence-corrected chi connectivity index (χ2v) is 11.7. The Morgan fingerprint density at radius 3 is 2.27 bits per heavy atom. The lowest BCUT2D eigenvalue weighted by Crippen LogP contribution is -2.35. The highest BCUT2D eigenvalue weighted by Crippen LogP contribution is 2.29. The molecule has 0 aliphatic carbocycles. The van der Waals surface area contributed by atoms with E-state index in [0.29, 0.717) is 18.9 Å². The largest absolute Gasteiger partial charge is 0.438 e. The fourth-order valence-electron chi connectivity index (χ4n) is 3.34. The van der Waals surface area contributed by atoms with E-state index in [9.17, 15) is 13.2 Å². The van der Waals surface area contributed by atoms with Crippen molar-refractivity contribution in [1.82, 2.24) is 14.1 Å². The second kappa shape index (κ2) is 7.85. The molecule has 3 heterocycles. The fourth-order valence-corrected chi connectivity index (χ4v) is 4.77. The maximum absolute atomic E-state index is 12.8. The third-order valence-electron chi connectivity index (χ3n) is 5.07. The molecule has 1 aliphatic heterocycles. The molecule has 9 heteroatoms. The zero-order valence-corrected chi connectivity index (χ0v) is 19.5. The van der Waals surface area contributed by atoms with Gasteiger partial charge in [-0.25, -0.2) is 13.1 Å². The van der Waals surface area contributed by atoms with Gasteiger partial charge in [0.1, 0.15) is 5.82 Å². The molecule has 0 unspecified atom stereocenters. The number of aromatic nitrogens is 2. The Balaban J connectivity index is 1.85. The van der Waals surface area contributed by atoms with E-state index in [0.717, 1.165) is 25.0 Å². The van der Waals surface area contributed by atoms with Crippen LogP contribution in [-0.4, -0.2) is 41.5 Å². The van der Waals surface area contributed by atoms with Crippen LogP contribution in [0.5, 0.6) is 0 Å². The number of rotatable bonds is 4. The van der Waals surface area contributed by atoms with Gasteiger partial charge in [0.2, 0.25) is 5.09 Å². The number of nitrogens with zero attached hydrogens (tertiary/aromatic N) is 3. The summed E-state index contributed by atoms with van der Waals surface area (Å²) in [6.45, 7) is 13.1. The zero-order chi connectivity index (χ0) is 22.3. The maximum atomic E-state index is 12.8. The topological polar surface area (TPSA) is 97.4 Å². The number of furan rings is 1. The van der Waals surface area contributed by atoms with Crippen LogP contribution in [-0.2, 0) is 21.0 Å². The van der Waals surface area contributed by atoms with Gasteiger partial charge in [-0.15, -0.1) is 0 Å². The molecule has 2 aromatic rings. The summed E-state index contributed by atoms with van der Waals surface area (Å²) in [6, 6.07) is 4.59. The van der Waals surface area contributed by atoms with E-state index in [-0.39, 0.29) is 21.8 Å². The summed E-state index contributed by atoms with van der Waals surface area (Å²) in [5.74, 6) is -0.0280. The molecular formula is C21H32N4O4S. The van der Waals surface area contributed by atoms with Gasteiger partial charge in [-0.05, 0) is 45.7 Å². The summed E-state index contributed by atoms with van der Waals surface area (Å²) < 4.78 is 34.2. The molecule has 1 aliphatic rings. The number of anilines is 1. The van der Waals surface area contributed by atoms with Gasteiger partial charge in [-0.1, -0.05) is 27.2 Å². The van der Waals surface area contributed by atoms with Crippen LogP contribution in [0.4, 0.5) is 5.82 Å². The minimum Gasteiger partial charge on any atom is -0.438 e. The number of carbonyl (C=O) groups excluding carboxylic acids is 1. The highest BCUT2D eigenvalue weighted by Gasteiger charge is 2.30. The number of sulfonamides is 1. The fraction of sp³-hybridized carbons (Fsp3) is 0.619. The van der Waals surface area contributed by atoms with Gasteiger partial charge >= 0.3 is 0 Å². The van der Waals surface area contributed by atoms with Crippen LogP contribution in [0.3, 0.4) is 0 Å². The monoisotopic (exact) mass is 436 g/mol. The molecule has 0 saturated carbocycles. The Hall–Kier alpha value is -2.13. The maximum Gasteiger partial charge on any atom is 0.292 e. The first-order valence-corrected chi connectivity index (χ1v) is 11.8. The molecule has 0 spiro atoms. The summed E-state index contributed by atoms with van der Waals surface area (Å²) in [7, 11) is -3.73. The van der Waals surface area contributed by atoms with Crippen LogP contribution >= 0.6 is 0 Å². The van der Waals surface area contributed by atoms with Gasteiger partial charge < -0.3 is 9.73 Å². The van der Waals surface area contributed by atoms with Crippen molar-refractivity contribution in [2.45, 2.75) is 76.9 Å². The third kappa shape index (κ3) is 4.62. The first-order valence-electron chi connectivity index (χ1n) is 10.3. The minimum atomic E-state index is -3.73. The van der Waals surface area contributed by atoms with E-state index >= 15 is 0 Å².